The van der Waals surface area contributed by atoms with Crippen LogP contribution in [0, 0.1) is 44.1 Å². The van der Waals surface area contributed by atoms with Crippen LogP contribution in [0.4, 0.5) is 11.4 Å². The predicted octanol–water partition coefficient (Wildman–Crippen LogP) is 4.87. The number of H-pyrrole nitrogens is 1. The van der Waals surface area contributed by atoms with Crippen molar-refractivity contribution in [2.45, 2.75) is 0 Å². The molecule has 7 heteroatoms. The van der Waals surface area contributed by atoms with Crippen LogP contribution < -0.4 is 0 Å². The van der Waals surface area contributed by atoms with E-state index >= 15 is 0 Å². The van der Waals surface area contributed by atoms with Crippen LogP contribution in [0.2, 0.25) is 0 Å². The van der Waals surface area contributed by atoms with Gasteiger partial charge in [-0.3, -0.25) is 4.99 Å². The maximum absolute atomic E-state index is 10.2. The first-order valence-corrected chi connectivity index (χ1v) is 7.95. The van der Waals surface area contributed by atoms with Gasteiger partial charge < -0.3 is 15.4 Å². The van der Waals surface area contributed by atoms with E-state index in [1.54, 1.807) is 24.6 Å². The minimum absolute atomic E-state index is 0. The molecule has 5 nitrogen and oxygen atoms in total. The van der Waals surface area contributed by atoms with E-state index in [1.807, 2.05) is 41.9 Å². The first kappa shape index (κ1) is 17.4. The van der Waals surface area contributed by atoms with E-state index in [1.165, 1.54) is 0 Å². The van der Waals surface area contributed by atoms with Crippen LogP contribution in [0.5, 0.6) is 5.88 Å². The van der Waals surface area contributed by atoms with Crippen molar-refractivity contribution in [2.75, 3.05) is 7.05 Å². The largest absolute Gasteiger partial charge is 0.687 e. The number of fused-ring (bicyclic) bond motifs is 3. The second-order valence-electron chi connectivity index (χ2n) is 5.07. The summed E-state index contributed by atoms with van der Waals surface area (Å²) in [6.07, 6.45) is 1.69. The van der Waals surface area contributed by atoms with Gasteiger partial charge in [0.2, 0.25) is 0 Å². The molecule has 2 aromatic carbocycles. The number of thiazole rings is 1. The van der Waals surface area contributed by atoms with Gasteiger partial charge in [-0.2, -0.15) is 0 Å². The standard InChI is InChI=1S/C17H13N4OS.Ac/c1-18-10-2-4-11(5-3-10)19-8-12-15-13(21-17(12)22)6-7-14-16(15)23-9-20-14;/h2-9H,1H3,(H2,19,21,22);/q-1;. The van der Waals surface area contributed by atoms with Crippen LogP contribution in [0.1, 0.15) is 5.56 Å². The van der Waals surface area contributed by atoms with Crippen molar-refractivity contribution in [3.05, 3.63) is 52.8 Å². The fourth-order valence-corrected chi connectivity index (χ4v) is 3.42. The monoisotopic (exact) mass is 548 g/mol. The maximum atomic E-state index is 10.2. The quantitative estimate of drug-likeness (QED) is 0.359. The van der Waals surface area contributed by atoms with Crippen LogP contribution in [-0.4, -0.2) is 28.3 Å². The third kappa shape index (κ3) is 3.08. The second kappa shape index (κ2) is 7.22. The van der Waals surface area contributed by atoms with Crippen LogP contribution >= 0.6 is 11.3 Å². The Bertz CT molecular complexity index is 1020. The van der Waals surface area contributed by atoms with Gasteiger partial charge in [0.1, 0.15) is 0 Å². The van der Waals surface area contributed by atoms with E-state index in [-0.39, 0.29) is 49.9 Å². The Balaban J connectivity index is 0.00000169. The topological polar surface area (TPSA) is 75.4 Å². The van der Waals surface area contributed by atoms with Gasteiger partial charge in [-0.15, -0.1) is 24.1 Å². The number of aromatic hydroxyl groups is 1. The van der Waals surface area contributed by atoms with Gasteiger partial charge in [0.05, 0.1) is 32.5 Å². The number of aliphatic imine (C=N–C) groups is 1. The molecule has 117 valence electrons. The van der Waals surface area contributed by atoms with Crippen molar-refractivity contribution >= 4 is 50.0 Å². The molecule has 1 radical (unpaired) electrons. The number of nitrogens with zero attached hydrogens (tertiary/aromatic N) is 3. The van der Waals surface area contributed by atoms with E-state index in [9.17, 15) is 5.11 Å². The normalized spacial score (nSPS) is 11.2. The summed E-state index contributed by atoms with van der Waals surface area (Å²) in [7, 11) is 1.75. The first-order valence-electron chi connectivity index (χ1n) is 7.07. The molecule has 4 aromatic rings. The van der Waals surface area contributed by atoms with Gasteiger partial charge >= 0.3 is 0 Å². The van der Waals surface area contributed by atoms with Gasteiger partial charge in [0.25, 0.3) is 0 Å². The smallest absolute Gasteiger partial charge is 0.198 e. The summed E-state index contributed by atoms with van der Waals surface area (Å²) in [4.78, 5) is 11.8. The fraction of sp³-hybridized carbons (Fsp3) is 0.0588. The molecule has 0 unspecified atom stereocenters. The van der Waals surface area contributed by atoms with Gasteiger partial charge in [-0.1, -0.05) is 12.1 Å². The Morgan fingerprint density at radius 3 is 2.75 bits per heavy atom. The molecule has 2 aromatic heterocycles. The van der Waals surface area contributed by atoms with Gasteiger partial charge in [-0.25, -0.2) is 4.98 Å². The third-order valence-corrected chi connectivity index (χ3v) is 4.59. The summed E-state index contributed by atoms with van der Waals surface area (Å²) in [5.74, 6) is 0.116. The molecular weight excluding hydrogens is 535 g/mol. The molecule has 0 fully saturated rings. The number of aromatic nitrogens is 2. The van der Waals surface area contributed by atoms with E-state index in [0.717, 1.165) is 32.5 Å². The number of rotatable bonds is 3. The fourth-order valence-electron chi connectivity index (χ4n) is 2.57. The summed E-state index contributed by atoms with van der Waals surface area (Å²) in [6.45, 7) is 0. The molecule has 0 saturated heterocycles. The Morgan fingerprint density at radius 2 is 2.00 bits per heavy atom. The van der Waals surface area contributed by atoms with Gasteiger partial charge in [0, 0.05) is 55.7 Å². The van der Waals surface area contributed by atoms with Crippen LogP contribution in [0.3, 0.4) is 0 Å². The molecule has 24 heavy (non-hydrogen) atoms. The van der Waals surface area contributed by atoms with E-state index < -0.39 is 0 Å². The number of hydrogen-bond acceptors (Lipinski definition) is 4. The minimum Gasteiger partial charge on any atom is -0.687 e. The Morgan fingerprint density at radius 1 is 1.21 bits per heavy atom. The van der Waals surface area contributed by atoms with E-state index in [4.69, 9.17) is 0 Å². The number of aromatic amines is 1. The Kier molecular flexibility index (Phi) is 5.24. The van der Waals surface area contributed by atoms with Crippen molar-refractivity contribution in [1.82, 2.24) is 9.97 Å². The Labute approximate surface area is 178 Å². The van der Waals surface area contributed by atoms with Crippen molar-refractivity contribution in [3.63, 3.8) is 0 Å². The van der Waals surface area contributed by atoms with Crippen molar-refractivity contribution in [2.24, 2.45) is 4.99 Å². The van der Waals surface area contributed by atoms with Crippen LogP contribution in [0.15, 0.2) is 46.9 Å². The average Bonchev–Trinajstić information content (AvgIpc) is 3.16. The molecule has 0 spiro atoms. The molecule has 0 aliphatic carbocycles. The number of benzene rings is 2. The van der Waals surface area contributed by atoms with Crippen molar-refractivity contribution in [1.29, 1.82) is 0 Å². The Hall–Kier alpha value is -1.42. The molecule has 0 aliphatic rings. The number of hydrogen-bond donors (Lipinski definition) is 2. The molecule has 4 rings (SSSR count). The average molecular weight is 548 g/mol. The zero-order valence-electron chi connectivity index (χ0n) is 12.9. The summed E-state index contributed by atoms with van der Waals surface area (Å²) >= 11 is 1.55. The zero-order chi connectivity index (χ0) is 15.8. The van der Waals surface area contributed by atoms with Crippen molar-refractivity contribution < 1.29 is 49.2 Å². The van der Waals surface area contributed by atoms with Gasteiger partial charge in [-0.05, 0) is 24.3 Å². The first-order chi connectivity index (χ1) is 11.3. The molecule has 0 saturated carbocycles. The van der Waals surface area contributed by atoms with E-state index in [2.05, 4.69) is 20.3 Å². The summed E-state index contributed by atoms with van der Waals surface area (Å²) in [5.41, 5.74) is 6.00. The summed E-state index contributed by atoms with van der Waals surface area (Å²) in [6, 6.07) is 11.5. The molecule has 0 bridgehead atoms. The summed E-state index contributed by atoms with van der Waals surface area (Å²) in [5, 5.41) is 15.3. The van der Waals surface area contributed by atoms with E-state index in [0.29, 0.717) is 5.56 Å². The molecular formula is C17H13AcN4OS-. The minimum atomic E-state index is 0. The molecule has 0 aliphatic heterocycles. The van der Waals surface area contributed by atoms with Crippen LogP contribution in [0.25, 0.3) is 26.4 Å². The predicted molar refractivity (Wildman–Crippen MR) is 95.8 cm³/mol. The zero-order valence-corrected chi connectivity index (χ0v) is 18.5. The van der Waals surface area contributed by atoms with Gasteiger partial charge in [0.15, 0.2) is 5.88 Å². The summed E-state index contributed by atoms with van der Waals surface area (Å²) < 4.78 is 1.04. The number of nitrogens with one attached hydrogen (secondary N) is 1. The third-order valence-electron chi connectivity index (χ3n) is 3.73. The SMILES string of the molecule is C[N-]c1ccc(N=Cc2c(O)[nH]c3ccc4ncsc4c23)cc1.[Ac]. The molecule has 0 amide bonds. The van der Waals surface area contributed by atoms with Crippen LogP contribution in [-0.2, 0) is 0 Å². The maximum Gasteiger partial charge on any atom is 0.198 e. The molecule has 2 heterocycles. The molecule has 2 N–H and O–H groups in total. The van der Waals surface area contributed by atoms with Crippen molar-refractivity contribution in [3.8, 4) is 5.88 Å². The molecule has 0 atom stereocenters. The second-order valence-corrected chi connectivity index (χ2v) is 5.93.